The van der Waals surface area contributed by atoms with E-state index < -0.39 is 0 Å². The largest absolute Gasteiger partial charge is 0.315 e. The summed E-state index contributed by atoms with van der Waals surface area (Å²) in [6.45, 7) is 4.25. The van der Waals surface area contributed by atoms with Gasteiger partial charge in [0.25, 0.3) is 0 Å². The van der Waals surface area contributed by atoms with Gasteiger partial charge in [0.1, 0.15) is 0 Å². The Kier molecular flexibility index (Phi) is 4.24. The molecular formula is C17H22N4O. The van der Waals surface area contributed by atoms with E-state index in [1.165, 1.54) is 0 Å². The van der Waals surface area contributed by atoms with Crippen molar-refractivity contribution in [3.8, 4) is 0 Å². The Morgan fingerprint density at radius 3 is 2.77 bits per heavy atom. The first-order chi connectivity index (χ1) is 10.7. The van der Waals surface area contributed by atoms with Crippen molar-refractivity contribution in [3.05, 3.63) is 48.3 Å². The highest BCUT2D eigenvalue weighted by Gasteiger charge is 2.37. The zero-order chi connectivity index (χ0) is 15.5. The zero-order valence-corrected chi connectivity index (χ0v) is 13.1. The fourth-order valence-corrected chi connectivity index (χ4v) is 3.19. The maximum atomic E-state index is 13.0. The Balaban J connectivity index is 1.83. The molecule has 1 N–H and O–H groups in total. The van der Waals surface area contributed by atoms with Crippen molar-refractivity contribution >= 4 is 11.6 Å². The standard InChI is InChI=1S/C17H22N4O/c1-3-21(14-7-5-4-6-8-14)17(22)16-11-18-10-15(16)13-9-19-20(2)12-13/h4-9,12,15-16,18H,3,10-11H2,1-2H3/t15-,16+/m1/s1. The molecule has 1 aromatic carbocycles. The summed E-state index contributed by atoms with van der Waals surface area (Å²) in [6, 6.07) is 9.89. The van der Waals surface area contributed by atoms with Crippen LogP contribution in [0, 0.1) is 5.92 Å². The van der Waals surface area contributed by atoms with Gasteiger partial charge in [0.05, 0.1) is 12.1 Å². The number of anilines is 1. The third-order valence-electron chi connectivity index (χ3n) is 4.33. The predicted octanol–water partition coefficient (Wildman–Crippen LogP) is 1.78. The highest BCUT2D eigenvalue weighted by atomic mass is 16.2. The number of para-hydroxylation sites is 1. The molecule has 3 rings (SSSR count). The number of carbonyl (C=O) groups is 1. The molecule has 1 amide bonds. The van der Waals surface area contributed by atoms with Crippen LogP contribution < -0.4 is 10.2 Å². The van der Waals surface area contributed by atoms with Gasteiger partial charge in [-0.05, 0) is 24.6 Å². The number of amides is 1. The Hall–Kier alpha value is -2.14. The van der Waals surface area contributed by atoms with Crippen molar-refractivity contribution in [1.29, 1.82) is 0 Å². The Labute approximate surface area is 130 Å². The van der Waals surface area contributed by atoms with Crippen LogP contribution in [0.15, 0.2) is 42.7 Å². The predicted molar refractivity (Wildman–Crippen MR) is 86.8 cm³/mol. The minimum absolute atomic E-state index is 0.0376. The molecule has 2 aromatic rings. The number of aryl methyl sites for hydroxylation is 1. The molecule has 0 unspecified atom stereocenters. The summed E-state index contributed by atoms with van der Waals surface area (Å²) in [5, 5.41) is 7.60. The molecule has 5 nitrogen and oxygen atoms in total. The van der Waals surface area contributed by atoms with Gasteiger partial charge >= 0.3 is 0 Å². The van der Waals surface area contributed by atoms with Gasteiger partial charge in [-0.3, -0.25) is 9.48 Å². The molecule has 5 heteroatoms. The average molecular weight is 298 g/mol. The monoisotopic (exact) mass is 298 g/mol. The lowest BCUT2D eigenvalue weighted by atomic mass is 9.89. The van der Waals surface area contributed by atoms with E-state index in [0.29, 0.717) is 6.54 Å². The van der Waals surface area contributed by atoms with Crippen LogP contribution in [-0.4, -0.2) is 35.3 Å². The Morgan fingerprint density at radius 2 is 2.14 bits per heavy atom. The SMILES string of the molecule is CCN(C(=O)[C@H]1CNC[C@@H]1c1cnn(C)c1)c1ccccc1. The van der Waals surface area contributed by atoms with Crippen LogP contribution in [-0.2, 0) is 11.8 Å². The normalized spacial score (nSPS) is 21.0. The molecule has 0 saturated carbocycles. The third kappa shape index (κ3) is 2.76. The highest BCUT2D eigenvalue weighted by molar-refractivity contribution is 5.96. The van der Waals surface area contributed by atoms with Crippen molar-refractivity contribution in [2.45, 2.75) is 12.8 Å². The molecule has 2 heterocycles. The minimum Gasteiger partial charge on any atom is -0.315 e. The number of hydrogen-bond donors (Lipinski definition) is 1. The van der Waals surface area contributed by atoms with E-state index in [1.807, 2.05) is 61.6 Å². The fraction of sp³-hybridized carbons (Fsp3) is 0.412. The van der Waals surface area contributed by atoms with E-state index in [9.17, 15) is 4.79 Å². The summed E-state index contributed by atoms with van der Waals surface area (Å²) in [5.74, 6) is 0.343. The molecule has 0 bridgehead atoms. The van der Waals surface area contributed by atoms with Crippen LogP contribution in [0.5, 0.6) is 0 Å². The van der Waals surface area contributed by atoms with Gasteiger partial charge in [-0.25, -0.2) is 0 Å². The number of aromatic nitrogens is 2. The molecule has 1 aliphatic heterocycles. The number of nitrogens with one attached hydrogen (secondary N) is 1. The molecule has 1 aliphatic rings. The second-order valence-corrected chi connectivity index (χ2v) is 5.74. The number of rotatable bonds is 4. The quantitative estimate of drug-likeness (QED) is 0.936. The number of nitrogens with zero attached hydrogens (tertiary/aromatic N) is 3. The van der Waals surface area contributed by atoms with Crippen LogP contribution in [0.25, 0.3) is 0 Å². The van der Waals surface area contributed by atoms with E-state index >= 15 is 0 Å². The molecule has 0 aliphatic carbocycles. The first kappa shape index (κ1) is 14.8. The fourth-order valence-electron chi connectivity index (χ4n) is 3.19. The summed E-state index contributed by atoms with van der Waals surface area (Å²) < 4.78 is 1.80. The second-order valence-electron chi connectivity index (χ2n) is 5.74. The number of benzene rings is 1. The minimum atomic E-state index is -0.0376. The molecule has 1 aromatic heterocycles. The maximum Gasteiger partial charge on any atom is 0.232 e. The number of carbonyl (C=O) groups excluding carboxylic acids is 1. The molecule has 2 atom stereocenters. The first-order valence-corrected chi connectivity index (χ1v) is 7.76. The summed E-state index contributed by atoms with van der Waals surface area (Å²) in [6.07, 6.45) is 3.88. The van der Waals surface area contributed by atoms with Crippen molar-refractivity contribution in [2.75, 3.05) is 24.5 Å². The molecule has 0 spiro atoms. The van der Waals surface area contributed by atoms with E-state index in [2.05, 4.69) is 10.4 Å². The Morgan fingerprint density at radius 1 is 1.36 bits per heavy atom. The van der Waals surface area contributed by atoms with Gasteiger partial charge in [0.15, 0.2) is 0 Å². The van der Waals surface area contributed by atoms with Crippen LogP contribution in [0.1, 0.15) is 18.4 Å². The van der Waals surface area contributed by atoms with E-state index in [1.54, 1.807) is 4.68 Å². The third-order valence-corrected chi connectivity index (χ3v) is 4.33. The Bertz CT molecular complexity index is 637. The van der Waals surface area contributed by atoms with Gasteiger partial charge in [0, 0.05) is 44.5 Å². The van der Waals surface area contributed by atoms with Crippen LogP contribution >= 0.6 is 0 Å². The van der Waals surface area contributed by atoms with E-state index in [4.69, 9.17) is 0 Å². The smallest absolute Gasteiger partial charge is 0.232 e. The van der Waals surface area contributed by atoms with Gasteiger partial charge in [-0.1, -0.05) is 18.2 Å². The molecule has 22 heavy (non-hydrogen) atoms. The van der Waals surface area contributed by atoms with Crippen LogP contribution in [0.3, 0.4) is 0 Å². The molecular weight excluding hydrogens is 276 g/mol. The van der Waals surface area contributed by atoms with Gasteiger partial charge in [-0.2, -0.15) is 5.10 Å². The van der Waals surface area contributed by atoms with Crippen LogP contribution in [0.2, 0.25) is 0 Å². The maximum absolute atomic E-state index is 13.0. The van der Waals surface area contributed by atoms with Crippen molar-refractivity contribution in [1.82, 2.24) is 15.1 Å². The summed E-state index contributed by atoms with van der Waals surface area (Å²) in [7, 11) is 1.91. The first-order valence-electron chi connectivity index (χ1n) is 7.76. The molecule has 1 saturated heterocycles. The van der Waals surface area contributed by atoms with Gasteiger partial charge in [-0.15, -0.1) is 0 Å². The highest BCUT2D eigenvalue weighted by Crippen LogP contribution is 2.30. The lowest BCUT2D eigenvalue weighted by Crippen LogP contribution is -2.38. The van der Waals surface area contributed by atoms with E-state index in [0.717, 1.165) is 24.3 Å². The summed E-state index contributed by atoms with van der Waals surface area (Å²) in [5.41, 5.74) is 2.10. The molecule has 0 radical (unpaired) electrons. The van der Waals surface area contributed by atoms with Gasteiger partial charge < -0.3 is 10.2 Å². The van der Waals surface area contributed by atoms with Crippen molar-refractivity contribution in [3.63, 3.8) is 0 Å². The topological polar surface area (TPSA) is 50.2 Å². The van der Waals surface area contributed by atoms with Gasteiger partial charge in [0.2, 0.25) is 5.91 Å². The molecule has 116 valence electrons. The number of hydrogen-bond acceptors (Lipinski definition) is 3. The average Bonchev–Trinajstić information content (AvgIpc) is 3.17. The lowest BCUT2D eigenvalue weighted by Gasteiger charge is -2.26. The summed E-state index contributed by atoms with van der Waals surface area (Å²) >= 11 is 0. The summed E-state index contributed by atoms with van der Waals surface area (Å²) in [4.78, 5) is 14.9. The lowest BCUT2D eigenvalue weighted by molar-refractivity contribution is -0.122. The van der Waals surface area contributed by atoms with Crippen molar-refractivity contribution in [2.24, 2.45) is 13.0 Å². The molecule has 1 fully saturated rings. The zero-order valence-electron chi connectivity index (χ0n) is 13.1. The van der Waals surface area contributed by atoms with Crippen molar-refractivity contribution < 1.29 is 4.79 Å². The van der Waals surface area contributed by atoms with E-state index in [-0.39, 0.29) is 17.7 Å². The van der Waals surface area contributed by atoms with Crippen LogP contribution in [0.4, 0.5) is 5.69 Å². The second kappa shape index (κ2) is 6.32.